The van der Waals surface area contributed by atoms with Gasteiger partial charge in [-0.15, -0.1) is 0 Å². The first kappa shape index (κ1) is 15.4. The molecular weight excluding hydrogens is 346 g/mol. The minimum atomic E-state index is -0.389. The molecule has 0 unspecified atom stereocenters. The zero-order chi connectivity index (χ0) is 14.9. The van der Waals surface area contributed by atoms with Crippen LogP contribution < -0.4 is 0 Å². The van der Waals surface area contributed by atoms with E-state index in [2.05, 4.69) is 15.9 Å². The van der Waals surface area contributed by atoms with Crippen LogP contribution in [0.2, 0.25) is 5.02 Å². The van der Waals surface area contributed by atoms with Crippen LogP contribution in [0.4, 0.5) is 0 Å². The van der Waals surface area contributed by atoms with E-state index in [4.69, 9.17) is 21.4 Å². The summed E-state index contributed by atoms with van der Waals surface area (Å²) in [5.41, 5.74) is 2.21. The number of aliphatic hydroxyl groups excluding tert-OH is 1. The summed E-state index contributed by atoms with van der Waals surface area (Å²) < 4.78 is 7.50. The molecule has 1 heterocycles. The van der Waals surface area contributed by atoms with E-state index in [0.717, 1.165) is 20.9 Å². The van der Waals surface area contributed by atoms with Crippen molar-refractivity contribution in [3.8, 4) is 0 Å². The quantitative estimate of drug-likeness (QED) is 0.849. The normalized spacial score (nSPS) is 11.1. The van der Waals surface area contributed by atoms with Gasteiger partial charge < -0.3 is 14.4 Å². The zero-order valence-corrected chi connectivity index (χ0v) is 13.6. The number of halogens is 2. The van der Waals surface area contributed by atoms with Crippen molar-refractivity contribution >= 4 is 44.4 Å². The summed E-state index contributed by atoms with van der Waals surface area (Å²) in [6.45, 7) is 2.47. The number of aryl methyl sites for hydroxylation is 2. The molecular formula is C14H15BrClNO3. The fourth-order valence-electron chi connectivity index (χ4n) is 2.38. The van der Waals surface area contributed by atoms with Gasteiger partial charge in [-0.05, 0) is 47.0 Å². The van der Waals surface area contributed by atoms with Crippen molar-refractivity contribution in [2.24, 2.45) is 0 Å². The fourth-order valence-corrected chi connectivity index (χ4v) is 3.17. The van der Waals surface area contributed by atoms with Crippen molar-refractivity contribution in [3.05, 3.63) is 32.9 Å². The number of aromatic nitrogens is 1. The highest BCUT2D eigenvalue weighted by Crippen LogP contribution is 2.36. The predicted molar refractivity (Wildman–Crippen MR) is 82.4 cm³/mol. The molecule has 2 aromatic rings. The van der Waals surface area contributed by atoms with E-state index in [9.17, 15) is 4.79 Å². The number of methoxy groups -OCH3 is 1. The molecule has 6 heteroatoms. The summed E-state index contributed by atoms with van der Waals surface area (Å²) >= 11 is 9.60. The number of fused-ring (bicyclic) bond motifs is 1. The number of carbonyl (C=O) groups is 1. The number of nitrogens with zero attached hydrogens (tertiary/aromatic N) is 1. The molecule has 20 heavy (non-hydrogen) atoms. The van der Waals surface area contributed by atoms with Crippen LogP contribution in [0.15, 0.2) is 16.6 Å². The largest absolute Gasteiger partial charge is 0.464 e. The summed E-state index contributed by atoms with van der Waals surface area (Å²) in [7, 11) is 1.36. The molecule has 0 aliphatic heterocycles. The second-order valence-electron chi connectivity index (χ2n) is 4.45. The second-order valence-corrected chi connectivity index (χ2v) is 5.65. The molecule has 2 rings (SSSR count). The van der Waals surface area contributed by atoms with Gasteiger partial charge in [0.1, 0.15) is 5.69 Å². The van der Waals surface area contributed by atoms with Gasteiger partial charge in [0.05, 0.1) is 17.6 Å². The molecule has 1 aromatic carbocycles. The Hall–Kier alpha value is -1.04. The molecule has 0 atom stereocenters. The summed E-state index contributed by atoms with van der Waals surface area (Å²) in [6.07, 6.45) is 0.563. The Kier molecular flexibility index (Phi) is 4.73. The average Bonchev–Trinajstić information content (AvgIpc) is 2.72. The Morgan fingerprint density at radius 1 is 1.50 bits per heavy atom. The first-order chi connectivity index (χ1) is 9.52. The lowest BCUT2D eigenvalue weighted by atomic mass is 10.1. The molecule has 0 saturated carbocycles. The monoisotopic (exact) mass is 359 g/mol. The van der Waals surface area contributed by atoms with Crippen LogP contribution in [0, 0.1) is 6.92 Å². The van der Waals surface area contributed by atoms with Crippen LogP contribution in [-0.4, -0.2) is 29.4 Å². The van der Waals surface area contributed by atoms with Gasteiger partial charge in [0, 0.05) is 23.0 Å². The summed E-state index contributed by atoms with van der Waals surface area (Å²) in [6, 6.07) is 3.66. The van der Waals surface area contributed by atoms with Gasteiger partial charge in [-0.3, -0.25) is 0 Å². The SMILES string of the molecule is COC(=O)c1c(C)c2c(Br)c(Cl)ccc2n1CCCO. The van der Waals surface area contributed by atoms with Crippen LogP contribution in [-0.2, 0) is 11.3 Å². The number of benzene rings is 1. The highest BCUT2D eigenvalue weighted by Gasteiger charge is 2.22. The average molecular weight is 361 g/mol. The molecule has 0 fully saturated rings. The van der Waals surface area contributed by atoms with Gasteiger partial charge in [-0.2, -0.15) is 0 Å². The van der Waals surface area contributed by atoms with Crippen molar-refractivity contribution in [2.45, 2.75) is 19.9 Å². The standard InChI is InChI=1S/C14H15BrClNO3/c1-8-11-10(5-4-9(16)12(11)15)17(6-3-7-18)13(8)14(19)20-2/h4-5,18H,3,6-7H2,1-2H3. The van der Waals surface area contributed by atoms with Crippen molar-refractivity contribution in [3.63, 3.8) is 0 Å². The van der Waals surface area contributed by atoms with E-state index in [-0.39, 0.29) is 12.6 Å². The number of esters is 1. The number of ether oxygens (including phenoxy) is 1. The Morgan fingerprint density at radius 3 is 2.80 bits per heavy atom. The van der Waals surface area contributed by atoms with Gasteiger partial charge in [0.25, 0.3) is 0 Å². The van der Waals surface area contributed by atoms with Gasteiger partial charge >= 0.3 is 5.97 Å². The maximum Gasteiger partial charge on any atom is 0.354 e. The van der Waals surface area contributed by atoms with Crippen LogP contribution in [0.3, 0.4) is 0 Å². The number of aliphatic hydroxyl groups is 1. The molecule has 0 amide bonds. The molecule has 108 valence electrons. The molecule has 0 bridgehead atoms. The predicted octanol–water partition coefficient (Wildman–Crippen LogP) is 3.53. The maximum absolute atomic E-state index is 12.0. The van der Waals surface area contributed by atoms with E-state index < -0.39 is 0 Å². The third-order valence-corrected chi connectivity index (χ3v) is 4.65. The lowest BCUT2D eigenvalue weighted by Crippen LogP contribution is -2.12. The third kappa shape index (κ3) is 2.45. The molecule has 4 nitrogen and oxygen atoms in total. The number of rotatable bonds is 4. The molecule has 0 spiro atoms. The summed E-state index contributed by atoms with van der Waals surface area (Å²) in [5, 5.41) is 10.5. The maximum atomic E-state index is 12.0. The molecule has 1 aromatic heterocycles. The highest BCUT2D eigenvalue weighted by atomic mass is 79.9. The lowest BCUT2D eigenvalue weighted by molar-refractivity contribution is 0.0587. The van der Waals surface area contributed by atoms with Gasteiger partial charge in [0.15, 0.2) is 0 Å². The van der Waals surface area contributed by atoms with Crippen LogP contribution in [0.1, 0.15) is 22.5 Å². The molecule has 0 radical (unpaired) electrons. The first-order valence-corrected chi connectivity index (χ1v) is 7.36. The molecule has 1 N–H and O–H groups in total. The topological polar surface area (TPSA) is 51.5 Å². The van der Waals surface area contributed by atoms with Crippen molar-refractivity contribution in [1.82, 2.24) is 4.57 Å². The van der Waals surface area contributed by atoms with E-state index >= 15 is 0 Å². The Bertz CT molecular complexity index is 666. The number of carbonyl (C=O) groups excluding carboxylic acids is 1. The molecule has 0 aliphatic rings. The molecule has 0 aliphatic carbocycles. The first-order valence-electron chi connectivity index (χ1n) is 6.18. The molecule has 0 saturated heterocycles. The second kappa shape index (κ2) is 6.16. The Labute approximate surface area is 130 Å². The minimum Gasteiger partial charge on any atom is -0.464 e. The van der Waals surface area contributed by atoms with E-state index in [1.54, 1.807) is 6.07 Å². The van der Waals surface area contributed by atoms with E-state index in [0.29, 0.717) is 23.7 Å². The summed E-state index contributed by atoms with van der Waals surface area (Å²) in [4.78, 5) is 12.0. The van der Waals surface area contributed by atoms with Crippen LogP contribution in [0.5, 0.6) is 0 Å². The Morgan fingerprint density at radius 2 is 2.20 bits per heavy atom. The van der Waals surface area contributed by atoms with Gasteiger partial charge in [0.2, 0.25) is 0 Å². The number of hydrogen-bond acceptors (Lipinski definition) is 3. The number of hydrogen-bond donors (Lipinski definition) is 1. The summed E-state index contributed by atoms with van der Waals surface area (Å²) in [5.74, 6) is -0.389. The van der Waals surface area contributed by atoms with E-state index in [1.165, 1.54) is 7.11 Å². The van der Waals surface area contributed by atoms with Gasteiger partial charge in [-0.1, -0.05) is 11.6 Å². The Balaban J connectivity index is 2.78. The van der Waals surface area contributed by atoms with Crippen molar-refractivity contribution in [1.29, 1.82) is 0 Å². The van der Waals surface area contributed by atoms with Crippen molar-refractivity contribution < 1.29 is 14.6 Å². The van der Waals surface area contributed by atoms with Crippen LogP contribution in [0.25, 0.3) is 10.9 Å². The lowest BCUT2D eigenvalue weighted by Gasteiger charge is -2.09. The zero-order valence-electron chi connectivity index (χ0n) is 11.2. The van der Waals surface area contributed by atoms with Crippen LogP contribution >= 0.6 is 27.5 Å². The van der Waals surface area contributed by atoms with Gasteiger partial charge in [-0.25, -0.2) is 4.79 Å². The minimum absolute atomic E-state index is 0.0636. The smallest absolute Gasteiger partial charge is 0.354 e. The fraction of sp³-hybridized carbons (Fsp3) is 0.357. The van der Waals surface area contributed by atoms with Crippen molar-refractivity contribution in [2.75, 3.05) is 13.7 Å². The highest BCUT2D eigenvalue weighted by molar-refractivity contribution is 9.10. The third-order valence-electron chi connectivity index (χ3n) is 3.28. The van der Waals surface area contributed by atoms with E-state index in [1.807, 2.05) is 17.6 Å².